The number of anilines is 1. The molecule has 1 saturated heterocycles. The van der Waals surface area contributed by atoms with Crippen LogP contribution in [-0.4, -0.2) is 36.3 Å². The lowest BCUT2D eigenvalue weighted by Crippen LogP contribution is -2.37. The highest BCUT2D eigenvalue weighted by Gasteiger charge is 2.49. The monoisotopic (exact) mass is 275 g/mol. The standard InChI is InChI=1S/C13H17N5O2/c14-11-10-12(16-6-15-11)18(7-17-10)9-3-5-13(20-9)4-1-2-8(13)19/h6-9,19H,1-5H2,(H2,14,15,16)/t8-,9-,13-/m0/s1. The van der Waals surface area contributed by atoms with Gasteiger partial charge in [-0.25, -0.2) is 15.0 Å². The van der Waals surface area contributed by atoms with Crippen LogP contribution in [0.2, 0.25) is 0 Å². The third kappa shape index (κ3) is 1.56. The van der Waals surface area contributed by atoms with Crippen molar-refractivity contribution in [2.45, 2.75) is 50.0 Å². The maximum Gasteiger partial charge on any atom is 0.167 e. The third-order valence-electron chi connectivity index (χ3n) is 4.57. The van der Waals surface area contributed by atoms with Crippen molar-refractivity contribution in [3.8, 4) is 0 Å². The molecule has 106 valence electrons. The van der Waals surface area contributed by atoms with E-state index in [2.05, 4.69) is 15.0 Å². The van der Waals surface area contributed by atoms with Crippen molar-refractivity contribution in [2.75, 3.05) is 5.73 Å². The van der Waals surface area contributed by atoms with Gasteiger partial charge in [-0.15, -0.1) is 0 Å². The van der Waals surface area contributed by atoms with Crippen molar-refractivity contribution in [1.82, 2.24) is 19.5 Å². The van der Waals surface area contributed by atoms with Crippen molar-refractivity contribution >= 4 is 17.0 Å². The SMILES string of the molecule is Nc1ncnc2c1ncn2[C@@H]1CC[C@]2(CCC[C@@H]2O)O1. The molecule has 7 heteroatoms. The minimum Gasteiger partial charge on any atom is -0.390 e. The number of imidazole rings is 1. The van der Waals surface area contributed by atoms with E-state index < -0.39 is 0 Å². The van der Waals surface area contributed by atoms with Crippen LogP contribution in [0.25, 0.3) is 11.2 Å². The molecule has 7 nitrogen and oxygen atoms in total. The predicted octanol–water partition coefficient (Wildman–Crippen LogP) is 1.00. The molecular formula is C13H17N5O2. The molecule has 0 amide bonds. The molecule has 3 N–H and O–H groups in total. The van der Waals surface area contributed by atoms with Crippen LogP contribution in [0.4, 0.5) is 5.82 Å². The topological polar surface area (TPSA) is 99.1 Å². The van der Waals surface area contributed by atoms with E-state index in [-0.39, 0.29) is 17.9 Å². The highest BCUT2D eigenvalue weighted by molar-refractivity contribution is 5.81. The Morgan fingerprint density at radius 3 is 3.00 bits per heavy atom. The van der Waals surface area contributed by atoms with Gasteiger partial charge in [0, 0.05) is 0 Å². The number of ether oxygens (including phenoxy) is 1. The second-order valence-electron chi connectivity index (χ2n) is 5.67. The first kappa shape index (κ1) is 12.0. The number of aliphatic hydroxyl groups excluding tert-OH is 1. The summed E-state index contributed by atoms with van der Waals surface area (Å²) >= 11 is 0. The summed E-state index contributed by atoms with van der Waals surface area (Å²) in [6.07, 6.45) is 7.13. The Labute approximate surface area is 115 Å². The zero-order valence-corrected chi connectivity index (χ0v) is 11.1. The van der Waals surface area contributed by atoms with E-state index in [9.17, 15) is 5.11 Å². The van der Waals surface area contributed by atoms with Crippen LogP contribution in [0.3, 0.4) is 0 Å². The van der Waals surface area contributed by atoms with E-state index in [1.54, 1.807) is 6.33 Å². The third-order valence-corrected chi connectivity index (χ3v) is 4.57. The zero-order chi connectivity index (χ0) is 13.7. The Bertz CT molecular complexity index is 657. The van der Waals surface area contributed by atoms with Crippen molar-refractivity contribution in [3.63, 3.8) is 0 Å². The van der Waals surface area contributed by atoms with Gasteiger partial charge in [-0.2, -0.15) is 0 Å². The molecule has 2 aliphatic rings. The van der Waals surface area contributed by atoms with E-state index >= 15 is 0 Å². The molecule has 2 aromatic rings. The lowest BCUT2D eigenvalue weighted by molar-refractivity contribution is -0.119. The van der Waals surface area contributed by atoms with E-state index in [0.29, 0.717) is 17.0 Å². The molecule has 0 aromatic carbocycles. The summed E-state index contributed by atoms with van der Waals surface area (Å²) in [7, 11) is 0. The minimum absolute atomic E-state index is 0.137. The van der Waals surface area contributed by atoms with Gasteiger partial charge in [-0.3, -0.25) is 4.57 Å². The first-order valence-corrected chi connectivity index (χ1v) is 6.98. The lowest BCUT2D eigenvalue weighted by atomic mass is 9.96. The molecule has 3 atom stereocenters. The number of hydrogen-bond donors (Lipinski definition) is 2. The molecule has 1 spiro atoms. The summed E-state index contributed by atoms with van der Waals surface area (Å²) < 4.78 is 8.08. The fourth-order valence-electron chi connectivity index (χ4n) is 3.49. The molecule has 0 unspecified atom stereocenters. The number of fused-ring (bicyclic) bond motifs is 1. The molecular weight excluding hydrogens is 258 g/mol. The normalized spacial score (nSPS) is 33.5. The number of aliphatic hydroxyl groups is 1. The Morgan fingerprint density at radius 2 is 2.20 bits per heavy atom. The van der Waals surface area contributed by atoms with E-state index in [0.717, 1.165) is 32.1 Å². The highest BCUT2D eigenvalue weighted by Crippen LogP contribution is 2.47. The van der Waals surface area contributed by atoms with Gasteiger partial charge >= 0.3 is 0 Å². The lowest BCUT2D eigenvalue weighted by Gasteiger charge is -2.28. The van der Waals surface area contributed by atoms with E-state index in [1.165, 1.54) is 6.33 Å². The number of rotatable bonds is 1. The number of nitrogens with two attached hydrogens (primary N) is 1. The van der Waals surface area contributed by atoms with E-state index in [1.807, 2.05) is 4.57 Å². The Hall–Kier alpha value is -1.73. The molecule has 1 aliphatic heterocycles. The average Bonchev–Trinajstić information content (AvgIpc) is 3.11. The summed E-state index contributed by atoms with van der Waals surface area (Å²) in [6, 6.07) is 0. The number of hydrogen-bond acceptors (Lipinski definition) is 6. The minimum atomic E-state index is -0.375. The van der Waals surface area contributed by atoms with Crippen LogP contribution in [-0.2, 0) is 4.74 Å². The number of nitrogens with zero attached hydrogens (tertiary/aromatic N) is 4. The summed E-state index contributed by atoms with van der Waals surface area (Å²) in [6.45, 7) is 0. The predicted molar refractivity (Wildman–Crippen MR) is 71.7 cm³/mol. The first-order chi connectivity index (χ1) is 9.70. The molecule has 2 fully saturated rings. The fourth-order valence-corrected chi connectivity index (χ4v) is 3.49. The largest absolute Gasteiger partial charge is 0.390 e. The van der Waals surface area contributed by atoms with Gasteiger partial charge in [-0.1, -0.05) is 0 Å². The molecule has 0 radical (unpaired) electrons. The zero-order valence-electron chi connectivity index (χ0n) is 11.1. The van der Waals surface area contributed by atoms with Crippen molar-refractivity contribution < 1.29 is 9.84 Å². The van der Waals surface area contributed by atoms with Gasteiger partial charge in [0.05, 0.1) is 18.0 Å². The Morgan fingerprint density at radius 1 is 1.30 bits per heavy atom. The van der Waals surface area contributed by atoms with E-state index in [4.69, 9.17) is 10.5 Å². The molecule has 4 rings (SSSR count). The highest BCUT2D eigenvalue weighted by atomic mass is 16.5. The maximum atomic E-state index is 10.2. The van der Waals surface area contributed by atoms with Gasteiger partial charge in [-0.05, 0) is 32.1 Å². The van der Waals surface area contributed by atoms with Gasteiger partial charge in [0.15, 0.2) is 11.5 Å². The average molecular weight is 275 g/mol. The van der Waals surface area contributed by atoms with Crippen LogP contribution in [0.5, 0.6) is 0 Å². The first-order valence-electron chi connectivity index (χ1n) is 6.98. The fraction of sp³-hybridized carbons (Fsp3) is 0.615. The van der Waals surface area contributed by atoms with Gasteiger partial charge in [0.2, 0.25) is 0 Å². The summed E-state index contributed by atoms with van der Waals surface area (Å²) in [4.78, 5) is 12.5. The molecule has 3 heterocycles. The number of aromatic nitrogens is 4. The molecule has 20 heavy (non-hydrogen) atoms. The summed E-state index contributed by atoms with van der Waals surface area (Å²) in [5.41, 5.74) is 6.71. The molecule has 2 aromatic heterocycles. The van der Waals surface area contributed by atoms with Crippen LogP contribution in [0.1, 0.15) is 38.3 Å². The Kier molecular flexibility index (Phi) is 2.49. The summed E-state index contributed by atoms with van der Waals surface area (Å²) in [5.74, 6) is 0.377. The second-order valence-corrected chi connectivity index (χ2v) is 5.67. The van der Waals surface area contributed by atoms with Gasteiger partial charge in [0.25, 0.3) is 0 Å². The van der Waals surface area contributed by atoms with Crippen LogP contribution < -0.4 is 5.73 Å². The van der Waals surface area contributed by atoms with Crippen LogP contribution >= 0.6 is 0 Å². The maximum absolute atomic E-state index is 10.2. The Balaban J connectivity index is 1.70. The van der Waals surface area contributed by atoms with Crippen molar-refractivity contribution in [3.05, 3.63) is 12.7 Å². The van der Waals surface area contributed by atoms with Crippen LogP contribution in [0.15, 0.2) is 12.7 Å². The molecule has 0 bridgehead atoms. The second kappa shape index (κ2) is 4.13. The van der Waals surface area contributed by atoms with Crippen molar-refractivity contribution in [2.24, 2.45) is 0 Å². The molecule has 1 aliphatic carbocycles. The quantitative estimate of drug-likeness (QED) is 0.805. The van der Waals surface area contributed by atoms with Crippen LogP contribution in [0, 0.1) is 0 Å². The smallest absolute Gasteiger partial charge is 0.167 e. The molecule has 1 saturated carbocycles. The van der Waals surface area contributed by atoms with Crippen molar-refractivity contribution in [1.29, 1.82) is 0 Å². The summed E-state index contributed by atoms with van der Waals surface area (Å²) in [5, 5.41) is 10.2. The van der Waals surface area contributed by atoms with Gasteiger partial charge < -0.3 is 15.6 Å². The number of nitrogen functional groups attached to an aromatic ring is 1. The van der Waals surface area contributed by atoms with Gasteiger partial charge in [0.1, 0.15) is 18.1 Å².